The van der Waals surface area contributed by atoms with Gasteiger partial charge in [-0.1, -0.05) is 13.0 Å². The Kier molecular flexibility index (Phi) is 5.21. The van der Waals surface area contributed by atoms with Gasteiger partial charge in [-0.2, -0.15) is 0 Å². The smallest absolute Gasteiger partial charge is 0.315 e. The lowest BCUT2D eigenvalue weighted by Gasteiger charge is -2.08. The van der Waals surface area contributed by atoms with Crippen LogP contribution >= 0.6 is 0 Å². The fraction of sp³-hybridized carbons (Fsp3) is 0.500. The second kappa shape index (κ2) is 7.55. The summed E-state index contributed by atoms with van der Waals surface area (Å²) in [5, 5.41) is 14.0. The zero-order valence-electron chi connectivity index (χ0n) is 14.4. The summed E-state index contributed by atoms with van der Waals surface area (Å²) < 4.78 is 2.35. The van der Waals surface area contributed by atoms with E-state index >= 15 is 0 Å². The lowest BCUT2D eigenvalue weighted by atomic mass is 10.2. The number of rotatable bonds is 8. The van der Waals surface area contributed by atoms with Crippen LogP contribution in [0.2, 0.25) is 0 Å². The first-order valence-corrected chi connectivity index (χ1v) is 8.81. The van der Waals surface area contributed by atoms with Crippen LogP contribution in [0.15, 0.2) is 18.2 Å². The van der Waals surface area contributed by atoms with Gasteiger partial charge in [-0.05, 0) is 37.0 Å². The molecule has 0 unspecified atom stereocenters. The number of carbonyl (C=O) groups excluding carboxylic acids is 1. The summed E-state index contributed by atoms with van der Waals surface area (Å²) in [6, 6.07) is 6.44. The van der Waals surface area contributed by atoms with Crippen molar-refractivity contribution in [1.29, 1.82) is 0 Å². The summed E-state index contributed by atoms with van der Waals surface area (Å²) in [5.41, 5.74) is 3.14. The lowest BCUT2D eigenvalue weighted by Crippen LogP contribution is -2.35. The summed E-state index contributed by atoms with van der Waals surface area (Å²) >= 11 is 0. The van der Waals surface area contributed by atoms with Crippen molar-refractivity contribution in [1.82, 2.24) is 20.2 Å². The minimum Gasteiger partial charge on any atom is -0.481 e. The highest BCUT2D eigenvalue weighted by Crippen LogP contribution is 2.38. The molecule has 0 spiro atoms. The number of aliphatic carboxylic acids is 1. The van der Waals surface area contributed by atoms with E-state index in [1.54, 1.807) is 0 Å². The van der Waals surface area contributed by atoms with Gasteiger partial charge in [0, 0.05) is 32.0 Å². The van der Waals surface area contributed by atoms with Crippen molar-refractivity contribution in [3.8, 4) is 0 Å². The Morgan fingerprint density at radius 2 is 2.12 bits per heavy atom. The molecule has 7 heteroatoms. The van der Waals surface area contributed by atoms with Gasteiger partial charge in [-0.15, -0.1) is 0 Å². The van der Waals surface area contributed by atoms with E-state index in [9.17, 15) is 9.59 Å². The quantitative estimate of drug-likeness (QED) is 0.641. The van der Waals surface area contributed by atoms with E-state index in [4.69, 9.17) is 10.1 Å². The number of hydrogen-bond acceptors (Lipinski definition) is 3. The van der Waals surface area contributed by atoms with Crippen molar-refractivity contribution in [3.63, 3.8) is 0 Å². The van der Waals surface area contributed by atoms with Gasteiger partial charge in [0.15, 0.2) is 0 Å². The van der Waals surface area contributed by atoms with Gasteiger partial charge in [0.25, 0.3) is 0 Å². The number of carboxylic acid groups (broad SMARTS) is 1. The molecule has 3 rings (SSSR count). The average Bonchev–Trinajstić information content (AvgIpc) is 3.36. The summed E-state index contributed by atoms with van der Waals surface area (Å²) in [7, 11) is 0. The molecule has 0 atom stereocenters. The Morgan fingerprint density at radius 3 is 2.80 bits per heavy atom. The summed E-state index contributed by atoms with van der Waals surface area (Å²) in [6.45, 7) is 2.89. The monoisotopic (exact) mass is 344 g/mol. The molecule has 2 aromatic rings. The van der Waals surface area contributed by atoms with Crippen LogP contribution in [0.5, 0.6) is 0 Å². The summed E-state index contributed by atoms with van der Waals surface area (Å²) in [6.07, 6.45) is 3.85. The third-order valence-corrected chi connectivity index (χ3v) is 4.36. The molecule has 1 aromatic heterocycles. The number of nitrogens with one attached hydrogen (secondary N) is 2. The van der Waals surface area contributed by atoms with Crippen molar-refractivity contribution in [2.75, 3.05) is 6.54 Å². The van der Waals surface area contributed by atoms with E-state index in [0.29, 0.717) is 25.6 Å². The highest BCUT2D eigenvalue weighted by atomic mass is 16.4. The number of aryl methyl sites for hydroxylation is 1. The van der Waals surface area contributed by atoms with Crippen LogP contribution in [-0.4, -0.2) is 33.2 Å². The minimum absolute atomic E-state index is 0.0559. The van der Waals surface area contributed by atoms with Gasteiger partial charge < -0.3 is 20.3 Å². The predicted octanol–water partition coefficient (Wildman–Crippen LogP) is 2.60. The molecule has 7 nitrogen and oxygen atoms in total. The number of carbonyl (C=O) groups is 2. The number of hydrogen-bond donors (Lipinski definition) is 3. The Bertz CT molecular complexity index is 780. The Morgan fingerprint density at radius 1 is 1.32 bits per heavy atom. The van der Waals surface area contributed by atoms with Gasteiger partial charge in [0.1, 0.15) is 5.82 Å². The number of urea groups is 1. The normalized spacial score (nSPS) is 13.8. The zero-order chi connectivity index (χ0) is 17.8. The van der Waals surface area contributed by atoms with Gasteiger partial charge in [-0.25, -0.2) is 9.78 Å². The minimum atomic E-state index is -0.854. The summed E-state index contributed by atoms with van der Waals surface area (Å²) in [4.78, 5) is 26.9. The molecule has 3 N–H and O–H groups in total. The third-order valence-electron chi connectivity index (χ3n) is 4.36. The second-order valence-electron chi connectivity index (χ2n) is 6.41. The molecule has 1 aliphatic rings. The van der Waals surface area contributed by atoms with Crippen LogP contribution in [0, 0.1) is 0 Å². The molecule has 2 amide bonds. The van der Waals surface area contributed by atoms with Gasteiger partial charge >= 0.3 is 12.0 Å². The van der Waals surface area contributed by atoms with Crippen molar-refractivity contribution in [2.45, 2.75) is 51.6 Å². The van der Waals surface area contributed by atoms with Crippen molar-refractivity contribution >= 4 is 23.0 Å². The van der Waals surface area contributed by atoms with Crippen molar-refractivity contribution in [2.24, 2.45) is 0 Å². The summed E-state index contributed by atoms with van der Waals surface area (Å²) in [5.74, 6) is 0.270. The third kappa shape index (κ3) is 4.29. The number of imidazole rings is 1. The van der Waals surface area contributed by atoms with Crippen molar-refractivity contribution < 1.29 is 14.7 Å². The topological polar surface area (TPSA) is 96.2 Å². The van der Waals surface area contributed by atoms with E-state index in [1.165, 1.54) is 18.4 Å². The molecule has 1 aliphatic carbocycles. The number of nitrogens with zero attached hydrogens (tertiary/aromatic N) is 2. The molecule has 0 radical (unpaired) electrons. The molecule has 0 bridgehead atoms. The molecular formula is C18H24N4O3. The van der Waals surface area contributed by atoms with Crippen LogP contribution in [0.1, 0.15) is 50.0 Å². The fourth-order valence-corrected chi connectivity index (χ4v) is 2.98. The molecule has 1 heterocycles. The SMILES string of the molecule is CCc1nc2cc(CNC(=O)NCCCC(=O)O)ccc2n1C1CC1. The number of carboxylic acids is 1. The Hall–Kier alpha value is -2.57. The molecule has 134 valence electrons. The van der Waals surface area contributed by atoms with Gasteiger partial charge in [0.05, 0.1) is 11.0 Å². The standard InChI is InChI=1S/C18H24N4O3/c1-2-16-21-14-10-12(5-8-15(14)22(16)13-6-7-13)11-20-18(25)19-9-3-4-17(23)24/h5,8,10,13H,2-4,6-7,9,11H2,1H3,(H,23,24)(H2,19,20,25). The molecule has 0 aliphatic heterocycles. The largest absolute Gasteiger partial charge is 0.481 e. The highest BCUT2D eigenvalue weighted by molar-refractivity contribution is 5.78. The predicted molar refractivity (Wildman–Crippen MR) is 94.5 cm³/mol. The lowest BCUT2D eigenvalue weighted by molar-refractivity contribution is -0.137. The first kappa shape index (κ1) is 17.3. The molecule has 1 saturated carbocycles. The van der Waals surface area contributed by atoms with Crippen LogP contribution in [0.25, 0.3) is 11.0 Å². The second-order valence-corrected chi connectivity index (χ2v) is 6.41. The average molecular weight is 344 g/mol. The van der Waals surface area contributed by atoms with E-state index in [1.807, 2.05) is 12.1 Å². The highest BCUT2D eigenvalue weighted by Gasteiger charge is 2.27. The van der Waals surface area contributed by atoms with E-state index in [2.05, 4.69) is 28.2 Å². The van der Waals surface area contributed by atoms with Gasteiger partial charge in [-0.3, -0.25) is 4.79 Å². The van der Waals surface area contributed by atoms with Crippen LogP contribution < -0.4 is 10.6 Å². The number of aromatic nitrogens is 2. The molecule has 0 saturated heterocycles. The zero-order valence-corrected chi connectivity index (χ0v) is 14.4. The van der Waals surface area contributed by atoms with Crippen molar-refractivity contribution in [3.05, 3.63) is 29.6 Å². The number of benzene rings is 1. The molecule has 1 fully saturated rings. The first-order chi connectivity index (χ1) is 12.1. The van der Waals surface area contributed by atoms with Crippen LogP contribution in [-0.2, 0) is 17.8 Å². The van der Waals surface area contributed by atoms with Crippen LogP contribution in [0.3, 0.4) is 0 Å². The Labute approximate surface area is 146 Å². The first-order valence-electron chi connectivity index (χ1n) is 8.81. The number of fused-ring (bicyclic) bond motifs is 1. The van der Waals surface area contributed by atoms with Gasteiger partial charge in [0.2, 0.25) is 0 Å². The maximum atomic E-state index is 11.7. The molecule has 25 heavy (non-hydrogen) atoms. The maximum absolute atomic E-state index is 11.7. The molecular weight excluding hydrogens is 320 g/mol. The molecule has 1 aromatic carbocycles. The van der Waals surface area contributed by atoms with E-state index in [0.717, 1.165) is 23.3 Å². The maximum Gasteiger partial charge on any atom is 0.315 e. The van der Waals surface area contributed by atoms with E-state index in [-0.39, 0.29) is 12.5 Å². The van der Waals surface area contributed by atoms with Crippen LogP contribution in [0.4, 0.5) is 4.79 Å². The van der Waals surface area contributed by atoms with E-state index < -0.39 is 5.97 Å². The fourth-order valence-electron chi connectivity index (χ4n) is 2.98. The Balaban J connectivity index is 1.57. The number of amides is 2.